The first kappa shape index (κ1) is 22.7. The second kappa shape index (κ2) is 11.4. The Bertz CT molecular complexity index is 658. The van der Waals surface area contributed by atoms with Gasteiger partial charge in [-0.05, 0) is 65.5 Å². The molecule has 0 amide bonds. The largest absolute Gasteiger partial charge is 0.308 e. The predicted molar refractivity (Wildman–Crippen MR) is 119 cm³/mol. The predicted octanol–water partition coefficient (Wildman–Crippen LogP) is 2.40. The van der Waals surface area contributed by atoms with E-state index in [1.54, 1.807) is 0 Å². The number of rotatable bonds is 12. The van der Waals surface area contributed by atoms with Crippen LogP contribution >= 0.6 is 0 Å². The number of aromatic nitrogens is 2. The Balaban J connectivity index is 2.09. The zero-order valence-electron chi connectivity index (χ0n) is 18.6. The standard InChI is InChI=1S/C22H38N6/c1-7-27(15-13-25(3)4)17-20-11-9-19-10-12-21(24-22(19)23-20)18-28(8-2)16-14-26(5)6/h9-12H,7-8,13-18H2,1-6H3. The van der Waals surface area contributed by atoms with E-state index in [1.807, 2.05) is 0 Å². The molecule has 0 atom stereocenters. The number of likely N-dealkylation sites (N-methyl/N-ethyl adjacent to an activating group) is 4. The maximum atomic E-state index is 4.86. The fourth-order valence-electron chi connectivity index (χ4n) is 3.09. The van der Waals surface area contributed by atoms with E-state index in [1.165, 1.54) is 0 Å². The molecule has 0 N–H and O–H groups in total. The van der Waals surface area contributed by atoms with Gasteiger partial charge in [0.15, 0.2) is 5.65 Å². The van der Waals surface area contributed by atoms with Crippen LogP contribution in [0.2, 0.25) is 0 Å². The molecular formula is C22H38N6. The van der Waals surface area contributed by atoms with Gasteiger partial charge in [0.25, 0.3) is 0 Å². The topological polar surface area (TPSA) is 38.7 Å². The minimum atomic E-state index is 0.863. The van der Waals surface area contributed by atoms with Gasteiger partial charge < -0.3 is 9.80 Å². The lowest BCUT2D eigenvalue weighted by Gasteiger charge is -2.22. The number of hydrogen-bond acceptors (Lipinski definition) is 6. The minimum Gasteiger partial charge on any atom is -0.308 e. The highest BCUT2D eigenvalue weighted by atomic mass is 15.2. The van der Waals surface area contributed by atoms with Gasteiger partial charge in [-0.2, -0.15) is 0 Å². The molecule has 2 heterocycles. The van der Waals surface area contributed by atoms with Crippen LogP contribution in [0.1, 0.15) is 25.2 Å². The van der Waals surface area contributed by atoms with Crippen molar-refractivity contribution in [2.75, 3.05) is 67.5 Å². The zero-order chi connectivity index (χ0) is 20.5. The van der Waals surface area contributed by atoms with Crippen molar-refractivity contribution in [3.63, 3.8) is 0 Å². The summed E-state index contributed by atoms with van der Waals surface area (Å²) in [5.74, 6) is 0. The van der Waals surface area contributed by atoms with Crippen LogP contribution in [-0.2, 0) is 13.1 Å². The van der Waals surface area contributed by atoms with Crippen LogP contribution in [0.25, 0.3) is 11.0 Å². The van der Waals surface area contributed by atoms with Crippen molar-refractivity contribution in [1.82, 2.24) is 29.6 Å². The molecule has 0 spiro atoms. The average Bonchev–Trinajstić information content (AvgIpc) is 2.67. The Morgan fingerprint density at radius 2 is 1.07 bits per heavy atom. The second-order valence-corrected chi connectivity index (χ2v) is 8.00. The molecule has 0 aliphatic heterocycles. The monoisotopic (exact) mass is 386 g/mol. The molecule has 0 saturated heterocycles. The Morgan fingerprint density at radius 3 is 1.43 bits per heavy atom. The lowest BCUT2D eigenvalue weighted by atomic mass is 10.2. The van der Waals surface area contributed by atoms with E-state index in [9.17, 15) is 0 Å². The Hall–Kier alpha value is -1.60. The van der Waals surface area contributed by atoms with Crippen LogP contribution in [0.3, 0.4) is 0 Å². The molecule has 0 bridgehead atoms. The summed E-state index contributed by atoms with van der Waals surface area (Å²) in [6.45, 7) is 12.4. The number of nitrogens with zero attached hydrogens (tertiary/aromatic N) is 6. The first-order chi connectivity index (χ1) is 13.4. The van der Waals surface area contributed by atoms with E-state index in [0.717, 1.165) is 74.8 Å². The lowest BCUT2D eigenvalue weighted by Crippen LogP contribution is -2.31. The Morgan fingerprint density at radius 1 is 0.643 bits per heavy atom. The third-order valence-electron chi connectivity index (χ3n) is 5.06. The molecule has 0 unspecified atom stereocenters. The van der Waals surface area contributed by atoms with E-state index in [2.05, 4.69) is 85.9 Å². The van der Waals surface area contributed by atoms with E-state index in [4.69, 9.17) is 9.97 Å². The minimum absolute atomic E-state index is 0.863. The van der Waals surface area contributed by atoms with Crippen molar-refractivity contribution >= 4 is 11.0 Å². The molecule has 6 nitrogen and oxygen atoms in total. The average molecular weight is 387 g/mol. The van der Waals surface area contributed by atoms with Gasteiger partial charge in [0.05, 0.1) is 11.4 Å². The van der Waals surface area contributed by atoms with Gasteiger partial charge in [-0.1, -0.05) is 13.8 Å². The molecule has 0 aliphatic rings. The first-order valence-corrected chi connectivity index (χ1v) is 10.4. The molecular weight excluding hydrogens is 348 g/mol. The summed E-state index contributed by atoms with van der Waals surface area (Å²) >= 11 is 0. The highest BCUT2D eigenvalue weighted by Gasteiger charge is 2.09. The van der Waals surface area contributed by atoms with Gasteiger partial charge in [-0.3, -0.25) is 9.80 Å². The molecule has 28 heavy (non-hydrogen) atoms. The van der Waals surface area contributed by atoms with E-state index in [-0.39, 0.29) is 0 Å². The zero-order valence-corrected chi connectivity index (χ0v) is 18.6. The second-order valence-electron chi connectivity index (χ2n) is 8.00. The molecule has 0 radical (unpaired) electrons. The molecule has 0 aromatic carbocycles. The van der Waals surface area contributed by atoms with Gasteiger partial charge in [-0.15, -0.1) is 0 Å². The summed E-state index contributed by atoms with van der Waals surface area (Å²) < 4.78 is 0. The SMILES string of the molecule is CCN(CCN(C)C)Cc1ccc2ccc(CN(CC)CCN(C)C)nc2n1. The Labute approximate surface area is 171 Å². The highest BCUT2D eigenvalue weighted by molar-refractivity contribution is 5.74. The van der Waals surface area contributed by atoms with Crippen LogP contribution in [0.15, 0.2) is 24.3 Å². The van der Waals surface area contributed by atoms with Gasteiger partial charge in [0.2, 0.25) is 0 Å². The van der Waals surface area contributed by atoms with E-state index >= 15 is 0 Å². The lowest BCUT2D eigenvalue weighted by molar-refractivity contribution is 0.241. The van der Waals surface area contributed by atoms with Crippen molar-refractivity contribution in [2.24, 2.45) is 0 Å². The van der Waals surface area contributed by atoms with Crippen molar-refractivity contribution in [3.05, 3.63) is 35.7 Å². The summed E-state index contributed by atoms with van der Waals surface area (Å²) in [7, 11) is 8.47. The molecule has 0 aliphatic carbocycles. The first-order valence-electron chi connectivity index (χ1n) is 10.4. The molecule has 156 valence electrons. The highest BCUT2D eigenvalue weighted by Crippen LogP contribution is 2.14. The molecule has 2 aromatic heterocycles. The molecule has 2 rings (SSSR count). The van der Waals surface area contributed by atoms with Crippen LogP contribution in [-0.4, -0.2) is 97.0 Å². The maximum absolute atomic E-state index is 4.86. The summed E-state index contributed by atoms with van der Waals surface area (Å²) in [6.07, 6.45) is 0. The van der Waals surface area contributed by atoms with Gasteiger partial charge in [0.1, 0.15) is 0 Å². The van der Waals surface area contributed by atoms with Crippen LogP contribution in [0, 0.1) is 0 Å². The fourth-order valence-corrected chi connectivity index (χ4v) is 3.09. The molecule has 0 fully saturated rings. The third kappa shape index (κ3) is 7.43. The smallest absolute Gasteiger partial charge is 0.159 e. The number of fused-ring (bicyclic) bond motifs is 1. The van der Waals surface area contributed by atoms with Crippen molar-refractivity contribution in [2.45, 2.75) is 26.9 Å². The third-order valence-corrected chi connectivity index (χ3v) is 5.06. The normalized spacial score (nSPS) is 12.2. The summed E-state index contributed by atoms with van der Waals surface area (Å²) in [5.41, 5.74) is 3.05. The van der Waals surface area contributed by atoms with Gasteiger partial charge in [-0.25, -0.2) is 9.97 Å². The van der Waals surface area contributed by atoms with Crippen molar-refractivity contribution in [3.8, 4) is 0 Å². The fraction of sp³-hybridized carbons (Fsp3) is 0.636. The van der Waals surface area contributed by atoms with Crippen LogP contribution in [0.4, 0.5) is 0 Å². The molecule has 0 saturated carbocycles. The van der Waals surface area contributed by atoms with E-state index in [0.29, 0.717) is 0 Å². The number of pyridine rings is 2. The maximum Gasteiger partial charge on any atom is 0.159 e. The van der Waals surface area contributed by atoms with Crippen LogP contribution in [0.5, 0.6) is 0 Å². The molecule has 2 aromatic rings. The van der Waals surface area contributed by atoms with Crippen molar-refractivity contribution < 1.29 is 0 Å². The van der Waals surface area contributed by atoms with Crippen LogP contribution < -0.4 is 0 Å². The Kier molecular flexibility index (Phi) is 9.25. The van der Waals surface area contributed by atoms with Gasteiger partial charge >= 0.3 is 0 Å². The van der Waals surface area contributed by atoms with E-state index < -0.39 is 0 Å². The quantitative estimate of drug-likeness (QED) is 0.558. The van der Waals surface area contributed by atoms with Crippen molar-refractivity contribution in [1.29, 1.82) is 0 Å². The summed E-state index contributed by atoms with van der Waals surface area (Å²) in [4.78, 5) is 19.0. The van der Waals surface area contributed by atoms with Gasteiger partial charge in [0, 0.05) is 44.7 Å². The molecule has 6 heteroatoms. The number of hydrogen-bond donors (Lipinski definition) is 0. The summed E-state index contributed by atoms with van der Waals surface area (Å²) in [5, 5.41) is 1.11. The summed E-state index contributed by atoms with van der Waals surface area (Å²) in [6, 6.07) is 8.57.